The summed E-state index contributed by atoms with van der Waals surface area (Å²) in [5, 5.41) is 4.38. The van der Waals surface area contributed by atoms with Gasteiger partial charge in [0.15, 0.2) is 0 Å². The van der Waals surface area contributed by atoms with Crippen LogP contribution < -0.4 is 10.5 Å². The van der Waals surface area contributed by atoms with Gasteiger partial charge in [-0.05, 0) is 39.3 Å². The first-order valence-corrected chi connectivity index (χ1v) is 5.41. The second-order valence-electron chi connectivity index (χ2n) is 4.28. The van der Waals surface area contributed by atoms with Gasteiger partial charge in [-0.1, -0.05) is 6.07 Å². The molecule has 86 valence electrons. The van der Waals surface area contributed by atoms with E-state index in [9.17, 15) is 0 Å². The van der Waals surface area contributed by atoms with Crippen LogP contribution in [0, 0.1) is 13.8 Å². The number of nitrogen functional groups attached to an aromatic ring is 1. The van der Waals surface area contributed by atoms with E-state index in [1.54, 1.807) is 0 Å². The average molecular weight is 219 g/mol. The lowest BCUT2D eigenvalue weighted by atomic mass is 10.2. The molecule has 0 amide bonds. The van der Waals surface area contributed by atoms with E-state index in [4.69, 9.17) is 10.5 Å². The molecule has 0 aliphatic carbocycles. The van der Waals surface area contributed by atoms with Gasteiger partial charge in [0.1, 0.15) is 5.69 Å². The number of aromatic nitrogens is 2. The summed E-state index contributed by atoms with van der Waals surface area (Å²) in [4.78, 5) is 0. The van der Waals surface area contributed by atoms with Crippen molar-refractivity contribution >= 4 is 11.2 Å². The molecule has 4 heteroatoms. The SMILES string of the molecule is Cc1ccc2c(N)c(OC(C)C)nn2c1C. The first-order chi connectivity index (χ1) is 7.50. The van der Waals surface area contributed by atoms with Crippen molar-refractivity contribution in [2.75, 3.05) is 5.73 Å². The Balaban J connectivity index is 2.63. The van der Waals surface area contributed by atoms with Gasteiger partial charge < -0.3 is 10.5 Å². The number of aryl methyl sites for hydroxylation is 2. The number of rotatable bonds is 2. The molecule has 0 unspecified atom stereocenters. The maximum absolute atomic E-state index is 6.00. The minimum atomic E-state index is 0.0774. The number of pyridine rings is 1. The number of hydrogen-bond donors (Lipinski definition) is 1. The smallest absolute Gasteiger partial charge is 0.257 e. The van der Waals surface area contributed by atoms with Gasteiger partial charge in [0.25, 0.3) is 5.88 Å². The average Bonchev–Trinajstić information content (AvgIpc) is 2.51. The maximum atomic E-state index is 6.00. The fraction of sp³-hybridized carbons (Fsp3) is 0.417. The third-order valence-corrected chi connectivity index (χ3v) is 2.65. The van der Waals surface area contributed by atoms with E-state index < -0.39 is 0 Å². The van der Waals surface area contributed by atoms with Crippen molar-refractivity contribution in [1.29, 1.82) is 0 Å². The van der Waals surface area contributed by atoms with Crippen LogP contribution in [0.1, 0.15) is 25.1 Å². The quantitative estimate of drug-likeness (QED) is 0.843. The number of fused-ring (bicyclic) bond motifs is 1. The molecule has 0 atom stereocenters. The van der Waals surface area contributed by atoms with Crippen molar-refractivity contribution in [2.24, 2.45) is 0 Å². The van der Waals surface area contributed by atoms with E-state index in [2.05, 4.69) is 12.0 Å². The van der Waals surface area contributed by atoms with E-state index in [1.165, 1.54) is 5.56 Å². The molecule has 0 saturated carbocycles. The number of anilines is 1. The van der Waals surface area contributed by atoms with Crippen LogP contribution in [0.3, 0.4) is 0 Å². The zero-order chi connectivity index (χ0) is 11.9. The highest BCUT2D eigenvalue weighted by atomic mass is 16.5. The summed E-state index contributed by atoms with van der Waals surface area (Å²) in [6.45, 7) is 7.99. The molecule has 0 bridgehead atoms. The Morgan fingerprint density at radius 1 is 1.31 bits per heavy atom. The number of nitrogens with zero attached hydrogens (tertiary/aromatic N) is 2. The lowest BCUT2D eigenvalue weighted by Gasteiger charge is -2.05. The van der Waals surface area contributed by atoms with Crippen molar-refractivity contribution in [3.8, 4) is 5.88 Å². The molecule has 0 spiro atoms. The zero-order valence-corrected chi connectivity index (χ0v) is 10.1. The first-order valence-electron chi connectivity index (χ1n) is 5.41. The Kier molecular flexibility index (Phi) is 2.50. The lowest BCUT2D eigenvalue weighted by molar-refractivity contribution is 0.233. The van der Waals surface area contributed by atoms with Gasteiger partial charge >= 0.3 is 0 Å². The van der Waals surface area contributed by atoms with E-state index in [-0.39, 0.29) is 6.10 Å². The van der Waals surface area contributed by atoms with Crippen molar-refractivity contribution in [2.45, 2.75) is 33.8 Å². The molecule has 0 radical (unpaired) electrons. The van der Waals surface area contributed by atoms with Gasteiger partial charge in [-0.3, -0.25) is 0 Å². The van der Waals surface area contributed by atoms with Gasteiger partial charge in [0, 0.05) is 5.69 Å². The third kappa shape index (κ3) is 1.60. The molecule has 2 heterocycles. The highest BCUT2D eigenvalue weighted by molar-refractivity contribution is 5.75. The Morgan fingerprint density at radius 3 is 2.62 bits per heavy atom. The zero-order valence-electron chi connectivity index (χ0n) is 10.1. The molecule has 2 aromatic rings. The van der Waals surface area contributed by atoms with Crippen LogP contribution in [0.4, 0.5) is 5.69 Å². The molecule has 2 N–H and O–H groups in total. The summed E-state index contributed by atoms with van der Waals surface area (Å²) in [5.41, 5.74) is 9.78. The van der Waals surface area contributed by atoms with Crippen LogP contribution >= 0.6 is 0 Å². The Bertz CT molecular complexity index is 529. The standard InChI is InChI=1S/C12H17N3O/c1-7(2)16-12-11(13)10-6-5-8(3)9(4)15(10)14-12/h5-7H,13H2,1-4H3. The second kappa shape index (κ2) is 3.70. The van der Waals surface area contributed by atoms with Crippen molar-refractivity contribution in [1.82, 2.24) is 9.61 Å². The van der Waals surface area contributed by atoms with Gasteiger partial charge in [-0.25, -0.2) is 4.52 Å². The normalized spacial score (nSPS) is 11.3. The summed E-state index contributed by atoms with van der Waals surface area (Å²) >= 11 is 0. The van der Waals surface area contributed by atoms with Crippen LogP contribution in [0.25, 0.3) is 5.52 Å². The van der Waals surface area contributed by atoms with Crippen molar-refractivity contribution in [3.63, 3.8) is 0 Å². The number of hydrogen-bond acceptors (Lipinski definition) is 3. The molecule has 16 heavy (non-hydrogen) atoms. The van der Waals surface area contributed by atoms with Crippen LogP contribution in [0.15, 0.2) is 12.1 Å². The number of ether oxygens (including phenoxy) is 1. The Hall–Kier alpha value is -1.71. The first kappa shape index (κ1) is 10.8. The largest absolute Gasteiger partial charge is 0.472 e. The predicted octanol–water partition coefficient (Wildman–Crippen LogP) is 2.32. The van der Waals surface area contributed by atoms with Gasteiger partial charge in [-0.2, -0.15) is 0 Å². The molecule has 0 saturated heterocycles. The van der Waals surface area contributed by atoms with Gasteiger partial charge in [-0.15, -0.1) is 5.10 Å². The second-order valence-corrected chi connectivity index (χ2v) is 4.28. The molecule has 0 aromatic carbocycles. The summed E-state index contributed by atoms with van der Waals surface area (Å²) in [6, 6.07) is 4.01. The van der Waals surface area contributed by atoms with Crippen molar-refractivity contribution in [3.05, 3.63) is 23.4 Å². The highest BCUT2D eigenvalue weighted by Gasteiger charge is 2.13. The summed E-state index contributed by atoms with van der Waals surface area (Å²) < 4.78 is 7.40. The Morgan fingerprint density at radius 2 is 2.00 bits per heavy atom. The Labute approximate surface area is 95.0 Å². The topological polar surface area (TPSA) is 52.5 Å². The highest BCUT2D eigenvalue weighted by Crippen LogP contribution is 2.27. The predicted molar refractivity (Wildman–Crippen MR) is 64.8 cm³/mol. The third-order valence-electron chi connectivity index (χ3n) is 2.65. The van der Waals surface area contributed by atoms with Crippen LogP contribution in [0.2, 0.25) is 0 Å². The minimum Gasteiger partial charge on any atom is -0.472 e. The van der Waals surface area contributed by atoms with Crippen LogP contribution in [-0.4, -0.2) is 15.7 Å². The molecule has 0 fully saturated rings. The molecule has 0 aliphatic rings. The maximum Gasteiger partial charge on any atom is 0.257 e. The molecule has 2 rings (SSSR count). The fourth-order valence-electron chi connectivity index (χ4n) is 1.64. The van der Waals surface area contributed by atoms with E-state index in [0.717, 1.165) is 11.2 Å². The summed E-state index contributed by atoms with van der Waals surface area (Å²) in [5.74, 6) is 0.517. The molecule has 0 aliphatic heterocycles. The van der Waals surface area contributed by atoms with Crippen LogP contribution in [-0.2, 0) is 0 Å². The number of nitrogens with two attached hydrogens (primary N) is 1. The monoisotopic (exact) mass is 219 g/mol. The molecular weight excluding hydrogens is 202 g/mol. The van der Waals surface area contributed by atoms with Gasteiger partial charge in [0.05, 0.1) is 11.6 Å². The molecular formula is C12H17N3O. The summed E-state index contributed by atoms with van der Waals surface area (Å²) in [7, 11) is 0. The fourth-order valence-corrected chi connectivity index (χ4v) is 1.64. The van der Waals surface area contributed by atoms with Gasteiger partial charge in [0.2, 0.25) is 0 Å². The van der Waals surface area contributed by atoms with E-state index >= 15 is 0 Å². The lowest BCUT2D eigenvalue weighted by Crippen LogP contribution is -2.07. The van der Waals surface area contributed by atoms with E-state index in [0.29, 0.717) is 11.6 Å². The minimum absolute atomic E-state index is 0.0774. The molecule has 4 nitrogen and oxygen atoms in total. The molecule has 2 aromatic heterocycles. The van der Waals surface area contributed by atoms with E-state index in [1.807, 2.05) is 37.4 Å². The summed E-state index contributed by atoms with van der Waals surface area (Å²) in [6.07, 6.45) is 0.0774. The van der Waals surface area contributed by atoms with Crippen LogP contribution in [0.5, 0.6) is 5.88 Å². The van der Waals surface area contributed by atoms with Crippen molar-refractivity contribution < 1.29 is 4.74 Å².